The molecule has 0 aromatic rings. The third-order valence-electron chi connectivity index (χ3n) is 3.30. The average molecular weight is 226 g/mol. The van der Waals surface area contributed by atoms with Gasteiger partial charge in [-0.1, -0.05) is 0 Å². The quantitative estimate of drug-likeness (QED) is 0.651. The molecule has 2 aliphatic heterocycles. The van der Waals surface area contributed by atoms with E-state index in [4.69, 9.17) is 0 Å². The minimum Gasteiger partial charge on any atom is -0.341 e. The Morgan fingerprint density at radius 3 is 2.56 bits per heavy atom. The molecule has 2 saturated heterocycles. The minimum absolute atomic E-state index is 0.0238. The Bertz CT molecular complexity index is 287. The summed E-state index contributed by atoms with van der Waals surface area (Å²) in [5.41, 5.74) is 0. The van der Waals surface area contributed by atoms with Crippen LogP contribution in [0.4, 0.5) is 9.59 Å². The minimum atomic E-state index is -0.0238. The zero-order chi connectivity index (χ0) is 11.5. The molecular weight excluding hydrogens is 208 g/mol. The van der Waals surface area contributed by atoms with Crippen molar-refractivity contribution in [3.8, 4) is 0 Å². The summed E-state index contributed by atoms with van der Waals surface area (Å²) in [6.45, 7) is 3.00. The molecule has 2 fully saturated rings. The van der Waals surface area contributed by atoms with Crippen LogP contribution < -0.4 is 10.6 Å². The van der Waals surface area contributed by atoms with Gasteiger partial charge in [-0.05, 0) is 12.8 Å². The Morgan fingerprint density at radius 1 is 1.38 bits per heavy atom. The Kier molecular flexibility index (Phi) is 3.17. The van der Waals surface area contributed by atoms with Crippen LogP contribution >= 0.6 is 0 Å². The number of hydrogen-bond donors (Lipinski definition) is 2. The maximum atomic E-state index is 11.5. The van der Waals surface area contributed by atoms with Crippen LogP contribution in [0.2, 0.25) is 0 Å². The Labute approximate surface area is 95.0 Å². The lowest BCUT2D eigenvalue weighted by Crippen LogP contribution is -2.49. The molecule has 0 radical (unpaired) electrons. The number of rotatable bonds is 1. The topological polar surface area (TPSA) is 64.7 Å². The number of amides is 4. The van der Waals surface area contributed by atoms with E-state index in [0.29, 0.717) is 6.04 Å². The molecule has 0 saturated carbocycles. The van der Waals surface area contributed by atoms with Gasteiger partial charge in [0.2, 0.25) is 0 Å². The highest BCUT2D eigenvalue weighted by Crippen LogP contribution is 2.18. The van der Waals surface area contributed by atoms with E-state index in [1.54, 1.807) is 11.9 Å². The van der Waals surface area contributed by atoms with Gasteiger partial charge in [0.1, 0.15) is 0 Å². The number of nitrogens with zero attached hydrogens (tertiary/aromatic N) is 2. The summed E-state index contributed by atoms with van der Waals surface area (Å²) >= 11 is 0. The highest BCUT2D eigenvalue weighted by atomic mass is 16.2. The molecule has 0 aromatic heterocycles. The molecular formula is C10H18N4O2. The molecule has 0 unspecified atom stereocenters. The van der Waals surface area contributed by atoms with Gasteiger partial charge < -0.3 is 20.4 Å². The molecule has 2 rings (SSSR count). The standard InChI is InChI=1S/C10H18N4O2/c1-11-9(15)13-5-2-8(3-6-13)14-7-4-12-10(14)16/h8H,2-7H2,1H3,(H,11,15)(H,12,16). The third-order valence-corrected chi connectivity index (χ3v) is 3.30. The summed E-state index contributed by atoms with van der Waals surface area (Å²) in [6, 6.07) is 0.311. The summed E-state index contributed by atoms with van der Waals surface area (Å²) in [6.07, 6.45) is 1.75. The van der Waals surface area contributed by atoms with Crippen molar-refractivity contribution in [1.29, 1.82) is 0 Å². The summed E-state index contributed by atoms with van der Waals surface area (Å²) < 4.78 is 0. The molecule has 0 bridgehead atoms. The number of urea groups is 2. The van der Waals surface area contributed by atoms with E-state index >= 15 is 0 Å². The zero-order valence-electron chi connectivity index (χ0n) is 9.53. The molecule has 2 aliphatic rings. The number of hydrogen-bond acceptors (Lipinski definition) is 2. The van der Waals surface area contributed by atoms with Crippen molar-refractivity contribution in [2.45, 2.75) is 18.9 Å². The summed E-state index contributed by atoms with van der Waals surface area (Å²) in [4.78, 5) is 26.5. The smallest absolute Gasteiger partial charge is 0.317 e. The summed E-state index contributed by atoms with van der Waals surface area (Å²) in [5, 5.41) is 5.43. The second kappa shape index (κ2) is 4.59. The average Bonchev–Trinajstić information content (AvgIpc) is 2.75. The van der Waals surface area contributed by atoms with Crippen LogP contribution in [-0.4, -0.2) is 61.1 Å². The molecule has 90 valence electrons. The van der Waals surface area contributed by atoms with E-state index in [-0.39, 0.29) is 12.1 Å². The van der Waals surface area contributed by atoms with Gasteiger partial charge in [-0.25, -0.2) is 9.59 Å². The first-order valence-electron chi connectivity index (χ1n) is 5.73. The molecule has 0 aliphatic carbocycles. The van der Waals surface area contributed by atoms with E-state index in [0.717, 1.165) is 39.0 Å². The van der Waals surface area contributed by atoms with Gasteiger partial charge in [-0.3, -0.25) is 0 Å². The van der Waals surface area contributed by atoms with Crippen LogP contribution in [0.1, 0.15) is 12.8 Å². The van der Waals surface area contributed by atoms with E-state index in [9.17, 15) is 9.59 Å². The van der Waals surface area contributed by atoms with Crippen molar-refractivity contribution in [3.63, 3.8) is 0 Å². The SMILES string of the molecule is CNC(=O)N1CCC(N2CCNC2=O)CC1. The normalized spacial score (nSPS) is 22.2. The molecule has 16 heavy (non-hydrogen) atoms. The first kappa shape index (κ1) is 11.0. The number of piperidine rings is 1. The van der Waals surface area contributed by atoms with Crippen LogP contribution in [0.5, 0.6) is 0 Å². The monoisotopic (exact) mass is 226 g/mol. The number of carbonyl (C=O) groups is 2. The van der Waals surface area contributed by atoms with Crippen LogP contribution in [0.25, 0.3) is 0 Å². The van der Waals surface area contributed by atoms with Gasteiger partial charge in [0, 0.05) is 39.3 Å². The van der Waals surface area contributed by atoms with Gasteiger partial charge in [0.05, 0.1) is 0 Å². The van der Waals surface area contributed by atoms with Crippen molar-refractivity contribution in [2.75, 3.05) is 33.2 Å². The predicted octanol–water partition coefficient (Wildman–Crippen LogP) is -0.185. The van der Waals surface area contributed by atoms with E-state index in [1.165, 1.54) is 0 Å². The molecule has 0 aromatic carbocycles. The summed E-state index contributed by atoms with van der Waals surface area (Å²) in [7, 11) is 1.64. The van der Waals surface area contributed by atoms with Crippen LogP contribution in [0.15, 0.2) is 0 Å². The van der Waals surface area contributed by atoms with Gasteiger partial charge in [0.15, 0.2) is 0 Å². The number of carbonyl (C=O) groups excluding carboxylic acids is 2. The highest BCUT2D eigenvalue weighted by molar-refractivity contribution is 5.76. The molecule has 0 atom stereocenters. The van der Waals surface area contributed by atoms with Gasteiger partial charge >= 0.3 is 12.1 Å². The van der Waals surface area contributed by atoms with Crippen molar-refractivity contribution in [2.24, 2.45) is 0 Å². The largest absolute Gasteiger partial charge is 0.341 e. The summed E-state index contributed by atoms with van der Waals surface area (Å²) in [5.74, 6) is 0. The van der Waals surface area contributed by atoms with E-state index in [2.05, 4.69) is 10.6 Å². The fourth-order valence-electron chi connectivity index (χ4n) is 2.37. The first-order chi connectivity index (χ1) is 7.72. The fourth-order valence-corrected chi connectivity index (χ4v) is 2.37. The highest BCUT2D eigenvalue weighted by Gasteiger charge is 2.31. The first-order valence-corrected chi connectivity index (χ1v) is 5.73. The maximum Gasteiger partial charge on any atom is 0.317 e. The van der Waals surface area contributed by atoms with E-state index < -0.39 is 0 Å². The fraction of sp³-hybridized carbons (Fsp3) is 0.800. The van der Waals surface area contributed by atoms with Gasteiger partial charge in [-0.2, -0.15) is 0 Å². The van der Waals surface area contributed by atoms with Crippen molar-refractivity contribution in [3.05, 3.63) is 0 Å². The Morgan fingerprint density at radius 2 is 2.06 bits per heavy atom. The second-order valence-electron chi connectivity index (χ2n) is 4.20. The van der Waals surface area contributed by atoms with Crippen molar-refractivity contribution < 1.29 is 9.59 Å². The molecule has 6 heteroatoms. The predicted molar refractivity (Wildman–Crippen MR) is 59.2 cm³/mol. The van der Waals surface area contributed by atoms with Gasteiger partial charge in [0.25, 0.3) is 0 Å². The number of nitrogens with one attached hydrogen (secondary N) is 2. The lowest BCUT2D eigenvalue weighted by atomic mass is 10.0. The Hall–Kier alpha value is -1.46. The molecule has 4 amide bonds. The van der Waals surface area contributed by atoms with Crippen molar-refractivity contribution >= 4 is 12.1 Å². The molecule has 2 heterocycles. The van der Waals surface area contributed by atoms with Crippen LogP contribution in [0.3, 0.4) is 0 Å². The molecule has 2 N–H and O–H groups in total. The maximum absolute atomic E-state index is 11.5. The van der Waals surface area contributed by atoms with Crippen LogP contribution in [-0.2, 0) is 0 Å². The zero-order valence-corrected chi connectivity index (χ0v) is 9.53. The van der Waals surface area contributed by atoms with E-state index in [1.807, 2.05) is 4.90 Å². The lowest BCUT2D eigenvalue weighted by Gasteiger charge is -2.35. The molecule has 0 spiro atoms. The number of likely N-dealkylation sites (tertiary alicyclic amines) is 1. The molecule has 6 nitrogen and oxygen atoms in total. The van der Waals surface area contributed by atoms with Crippen molar-refractivity contribution in [1.82, 2.24) is 20.4 Å². The lowest BCUT2D eigenvalue weighted by molar-refractivity contribution is 0.142. The third kappa shape index (κ3) is 2.05. The van der Waals surface area contributed by atoms with Crippen LogP contribution in [0, 0.1) is 0 Å². The second-order valence-corrected chi connectivity index (χ2v) is 4.20. The Balaban J connectivity index is 1.85. The van der Waals surface area contributed by atoms with Gasteiger partial charge in [-0.15, -0.1) is 0 Å².